The van der Waals surface area contributed by atoms with Crippen LogP contribution in [0.25, 0.3) is 22.2 Å². The van der Waals surface area contributed by atoms with Gasteiger partial charge in [0.2, 0.25) is 0 Å². The topological polar surface area (TPSA) is 70.4 Å². The van der Waals surface area contributed by atoms with Gasteiger partial charge >= 0.3 is 0 Å². The van der Waals surface area contributed by atoms with Crippen molar-refractivity contribution in [2.24, 2.45) is 0 Å². The first-order chi connectivity index (χ1) is 13.9. The minimum Gasteiger partial charge on any atom is -0.497 e. The lowest BCUT2D eigenvalue weighted by atomic mass is 10.1. The highest BCUT2D eigenvalue weighted by Gasteiger charge is 2.24. The van der Waals surface area contributed by atoms with Crippen LogP contribution in [0.5, 0.6) is 11.5 Å². The Morgan fingerprint density at radius 1 is 0.862 bits per heavy atom. The molecule has 7 heteroatoms. The quantitative estimate of drug-likeness (QED) is 0.493. The van der Waals surface area contributed by atoms with Crippen LogP contribution in [0.4, 0.5) is 0 Å². The normalized spacial score (nSPS) is 11.6. The predicted octanol–water partition coefficient (Wildman–Crippen LogP) is 4.27. The SMILES string of the molecule is COc1cccc(-c2nn(S(=O)(=O)c3ccc(C)cc3)c3ccc(OC)cc23)c1. The molecule has 0 unspecified atom stereocenters. The number of nitrogens with zero attached hydrogens (tertiary/aromatic N) is 2. The maximum Gasteiger partial charge on any atom is 0.283 e. The predicted molar refractivity (Wildman–Crippen MR) is 112 cm³/mol. The molecule has 0 saturated heterocycles. The van der Waals surface area contributed by atoms with Crippen LogP contribution in [-0.4, -0.2) is 31.8 Å². The monoisotopic (exact) mass is 408 g/mol. The molecule has 6 nitrogen and oxygen atoms in total. The number of benzene rings is 3. The number of ether oxygens (including phenoxy) is 2. The summed E-state index contributed by atoms with van der Waals surface area (Å²) in [6.45, 7) is 1.91. The van der Waals surface area contributed by atoms with E-state index in [1.165, 1.54) is 0 Å². The Morgan fingerprint density at radius 2 is 1.55 bits per heavy atom. The minimum absolute atomic E-state index is 0.181. The molecular weight excluding hydrogens is 388 g/mol. The van der Waals surface area contributed by atoms with Crippen LogP contribution in [0.15, 0.2) is 71.6 Å². The summed E-state index contributed by atoms with van der Waals surface area (Å²) < 4.78 is 38.4. The second-order valence-electron chi connectivity index (χ2n) is 6.62. The van der Waals surface area contributed by atoms with Gasteiger partial charge in [-0.2, -0.15) is 17.6 Å². The van der Waals surface area contributed by atoms with E-state index in [1.54, 1.807) is 56.7 Å². The molecule has 0 bridgehead atoms. The average Bonchev–Trinajstić information content (AvgIpc) is 3.13. The smallest absolute Gasteiger partial charge is 0.283 e. The summed E-state index contributed by atoms with van der Waals surface area (Å²) in [7, 11) is -0.718. The van der Waals surface area contributed by atoms with Crippen molar-refractivity contribution in [3.63, 3.8) is 0 Å². The van der Waals surface area contributed by atoms with Crippen LogP contribution in [0, 0.1) is 6.92 Å². The van der Waals surface area contributed by atoms with Crippen molar-refractivity contribution in [2.45, 2.75) is 11.8 Å². The zero-order valence-corrected chi connectivity index (χ0v) is 17.1. The van der Waals surface area contributed by atoms with Gasteiger partial charge in [0.25, 0.3) is 10.0 Å². The van der Waals surface area contributed by atoms with Crippen LogP contribution in [0.1, 0.15) is 5.56 Å². The van der Waals surface area contributed by atoms with Crippen LogP contribution in [-0.2, 0) is 10.0 Å². The first kappa shape index (κ1) is 19.0. The first-order valence-electron chi connectivity index (χ1n) is 8.97. The van der Waals surface area contributed by atoms with E-state index in [9.17, 15) is 8.42 Å². The summed E-state index contributed by atoms with van der Waals surface area (Å²) >= 11 is 0. The Balaban J connectivity index is 1.99. The van der Waals surface area contributed by atoms with Gasteiger partial charge in [-0.15, -0.1) is 0 Å². The zero-order valence-electron chi connectivity index (χ0n) is 16.3. The van der Waals surface area contributed by atoms with Gasteiger partial charge in [0.15, 0.2) is 0 Å². The highest BCUT2D eigenvalue weighted by atomic mass is 32.2. The molecule has 4 aromatic rings. The third kappa shape index (κ3) is 3.34. The standard InChI is InChI=1S/C22H20N2O4S/c1-15-7-10-19(11-8-15)29(25,26)24-21-12-9-18(28-3)14-20(21)22(23-24)16-5-4-6-17(13-16)27-2/h4-14H,1-3H3. The van der Waals surface area contributed by atoms with E-state index in [0.29, 0.717) is 28.1 Å². The molecule has 0 aliphatic carbocycles. The van der Waals surface area contributed by atoms with Crippen molar-refractivity contribution in [3.8, 4) is 22.8 Å². The van der Waals surface area contributed by atoms with Crippen LogP contribution >= 0.6 is 0 Å². The summed E-state index contributed by atoms with van der Waals surface area (Å²) in [5.41, 5.74) is 2.74. The van der Waals surface area contributed by atoms with E-state index in [-0.39, 0.29) is 4.90 Å². The molecule has 4 rings (SSSR count). The summed E-state index contributed by atoms with van der Waals surface area (Å²) in [4.78, 5) is 0.181. The fourth-order valence-corrected chi connectivity index (χ4v) is 4.46. The summed E-state index contributed by atoms with van der Waals surface area (Å²) in [5, 5.41) is 5.17. The maximum absolute atomic E-state index is 13.3. The first-order valence-corrected chi connectivity index (χ1v) is 10.4. The van der Waals surface area contributed by atoms with Crippen molar-refractivity contribution >= 4 is 20.9 Å². The number of hydrogen-bond acceptors (Lipinski definition) is 5. The zero-order chi connectivity index (χ0) is 20.6. The number of methoxy groups -OCH3 is 2. The number of fused-ring (bicyclic) bond motifs is 1. The lowest BCUT2D eigenvalue weighted by Gasteiger charge is -2.06. The maximum atomic E-state index is 13.3. The summed E-state index contributed by atoms with van der Waals surface area (Å²) in [6, 6.07) is 19.3. The highest BCUT2D eigenvalue weighted by Crippen LogP contribution is 2.34. The van der Waals surface area contributed by atoms with Gasteiger partial charge in [-0.05, 0) is 49.4 Å². The molecular formula is C22H20N2O4S. The third-order valence-corrected chi connectivity index (χ3v) is 6.35. The van der Waals surface area contributed by atoms with E-state index >= 15 is 0 Å². The molecule has 3 aromatic carbocycles. The highest BCUT2D eigenvalue weighted by molar-refractivity contribution is 7.90. The van der Waals surface area contributed by atoms with Gasteiger partial charge < -0.3 is 9.47 Å². The molecule has 1 aromatic heterocycles. The Morgan fingerprint density at radius 3 is 2.24 bits per heavy atom. The second-order valence-corrected chi connectivity index (χ2v) is 8.39. The molecule has 148 valence electrons. The molecule has 1 heterocycles. The van der Waals surface area contributed by atoms with Gasteiger partial charge in [-0.25, -0.2) is 0 Å². The Hall–Kier alpha value is -3.32. The Bertz CT molecular complexity index is 1290. The average molecular weight is 408 g/mol. The number of aryl methyl sites for hydroxylation is 1. The van der Waals surface area contributed by atoms with E-state index in [4.69, 9.17) is 9.47 Å². The van der Waals surface area contributed by atoms with Gasteiger partial charge in [0.1, 0.15) is 17.2 Å². The molecule has 0 aliphatic rings. The van der Waals surface area contributed by atoms with E-state index in [2.05, 4.69) is 5.10 Å². The fourth-order valence-electron chi connectivity index (χ4n) is 3.17. The van der Waals surface area contributed by atoms with Crippen LogP contribution < -0.4 is 9.47 Å². The number of aromatic nitrogens is 2. The van der Waals surface area contributed by atoms with Crippen LogP contribution in [0.2, 0.25) is 0 Å². The third-order valence-electron chi connectivity index (χ3n) is 4.75. The Kier molecular flexibility index (Phi) is 4.76. The summed E-state index contributed by atoms with van der Waals surface area (Å²) in [5.74, 6) is 1.28. The summed E-state index contributed by atoms with van der Waals surface area (Å²) in [6.07, 6.45) is 0. The van der Waals surface area contributed by atoms with Crippen molar-refractivity contribution in [2.75, 3.05) is 14.2 Å². The molecule has 0 fully saturated rings. The fraction of sp³-hybridized carbons (Fsp3) is 0.136. The van der Waals surface area contributed by atoms with Crippen LogP contribution in [0.3, 0.4) is 0 Å². The molecule has 0 atom stereocenters. The molecule has 0 radical (unpaired) electrons. The van der Waals surface area contributed by atoms with Crippen molar-refractivity contribution in [1.29, 1.82) is 0 Å². The molecule has 0 amide bonds. The number of hydrogen-bond donors (Lipinski definition) is 0. The lowest BCUT2D eigenvalue weighted by Crippen LogP contribution is -2.14. The van der Waals surface area contributed by atoms with Gasteiger partial charge in [-0.3, -0.25) is 0 Å². The molecule has 29 heavy (non-hydrogen) atoms. The lowest BCUT2D eigenvalue weighted by molar-refractivity contribution is 0.415. The van der Waals surface area contributed by atoms with E-state index in [0.717, 1.165) is 15.2 Å². The van der Waals surface area contributed by atoms with Gasteiger partial charge in [0.05, 0.1) is 24.6 Å². The second kappa shape index (κ2) is 7.25. The van der Waals surface area contributed by atoms with Gasteiger partial charge in [0, 0.05) is 10.9 Å². The molecule has 0 aliphatic heterocycles. The number of rotatable bonds is 5. The van der Waals surface area contributed by atoms with Crippen molar-refractivity contribution in [3.05, 3.63) is 72.3 Å². The van der Waals surface area contributed by atoms with Gasteiger partial charge in [-0.1, -0.05) is 29.8 Å². The van der Waals surface area contributed by atoms with E-state index in [1.807, 2.05) is 31.2 Å². The minimum atomic E-state index is -3.87. The van der Waals surface area contributed by atoms with E-state index < -0.39 is 10.0 Å². The molecule has 0 saturated carbocycles. The van der Waals surface area contributed by atoms with Crippen molar-refractivity contribution in [1.82, 2.24) is 9.19 Å². The molecule has 0 spiro atoms. The Labute approximate surface area is 169 Å². The molecule has 0 N–H and O–H groups in total. The van der Waals surface area contributed by atoms with Crippen molar-refractivity contribution < 1.29 is 17.9 Å². The largest absolute Gasteiger partial charge is 0.497 e.